The van der Waals surface area contributed by atoms with Crippen molar-refractivity contribution in [3.63, 3.8) is 0 Å². The van der Waals surface area contributed by atoms with Gasteiger partial charge in [-0.1, -0.05) is 60.7 Å². The molecule has 5 rings (SSSR count). The normalized spacial score (nSPS) is 36.1. The molecule has 3 heterocycles. The smallest absolute Gasteiger partial charge is 0.207 e. The van der Waals surface area contributed by atoms with Crippen LogP contribution in [-0.2, 0) is 0 Å². The van der Waals surface area contributed by atoms with Gasteiger partial charge in [0.25, 0.3) is 0 Å². The second-order valence-corrected chi connectivity index (χ2v) is 7.07. The van der Waals surface area contributed by atoms with Gasteiger partial charge >= 0.3 is 0 Å². The van der Waals surface area contributed by atoms with Crippen LogP contribution in [0.25, 0.3) is 0 Å². The highest BCUT2D eigenvalue weighted by Gasteiger charge is 2.64. The summed E-state index contributed by atoms with van der Waals surface area (Å²) < 4.78 is 16.6. The van der Waals surface area contributed by atoms with Crippen molar-refractivity contribution in [1.82, 2.24) is 0 Å². The second-order valence-electron chi connectivity index (χ2n) is 7.07. The van der Waals surface area contributed by atoms with Crippen molar-refractivity contribution in [3.8, 4) is 0 Å². The summed E-state index contributed by atoms with van der Waals surface area (Å²) in [5.74, 6) is 0. The molecule has 0 spiro atoms. The summed E-state index contributed by atoms with van der Waals surface area (Å²) in [7, 11) is 0. The molecule has 0 radical (unpaired) electrons. The van der Waals surface area contributed by atoms with Crippen LogP contribution in [0, 0.1) is 0 Å². The Labute approximate surface area is 137 Å². The zero-order valence-corrected chi connectivity index (χ0v) is 13.7. The molecule has 2 unspecified atom stereocenters. The maximum atomic E-state index is 15.9. The molecule has 0 aliphatic carbocycles. The Balaban J connectivity index is 1.89. The zero-order valence-electron chi connectivity index (χ0n) is 13.7. The fraction of sp³-hybridized carbons (Fsp3) is 0.400. The standard InChI is InChI=1S/C20H25FN2/c1-2-22-13-15-23(21,16-14-22)20(18-11-7-4-8-12-18)19(22)17-9-5-3-6-10-17/h3-12,19-20H,2,13-16H2,1H3/q+2. The van der Waals surface area contributed by atoms with Gasteiger partial charge in [0.2, 0.25) is 6.04 Å². The number of nitrogens with zero attached hydrogens (tertiary/aromatic N) is 2. The summed E-state index contributed by atoms with van der Waals surface area (Å²) in [6.45, 7) is 6.49. The molecule has 3 aliphatic rings. The number of hydrogen-bond acceptors (Lipinski definition) is 0. The van der Waals surface area contributed by atoms with E-state index in [0.717, 1.165) is 29.7 Å². The minimum atomic E-state index is -0.302. The average Bonchev–Trinajstić information content (AvgIpc) is 2.63. The molecule has 2 bridgehead atoms. The molecular weight excluding hydrogens is 287 g/mol. The molecule has 0 saturated carbocycles. The van der Waals surface area contributed by atoms with Crippen molar-refractivity contribution in [2.75, 3.05) is 32.7 Å². The van der Waals surface area contributed by atoms with Crippen LogP contribution in [-0.4, -0.2) is 41.9 Å². The fourth-order valence-corrected chi connectivity index (χ4v) is 4.82. The van der Waals surface area contributed by atoms with E-state index in [4.69, 9.17) is 0 Å². The molecule has 3 saturated heterocycles. The Bertz CT molecular complexity index is 663. The van der Waals surface area contributed by atoms with Crippen molar-refractivity contribution in [1.29, 1.82) is 0 Å². The van der Waals surface area contributed by atoms with Crippen molar-refractivity contribution in [2.24, 2.45) is 0 Å². The highest BCUT2D eigenvalue weighted by molar-refractivity contribution is 5.26. The molecule has 3 aliphatic heterocycles. The number of halogens is 1. The molecule has 0 aromatic heterocycles. The number of piperazine rings is 3. The summed E-state index contributed by atoms with van der Waals surface area (Å²) >= 11 is 0. The Kier molecular flexibility index (Phi) is 3.51. The van der Waals surface area contributed by atoms with Gasteiger partial charge in [-0.3, -0.25) is 0 Å². The van der Waals surface area contributed by atoms with Gasteiger partial charge in [0.15, 0.2) is 19.1 Å². The molecule has 2 aromatic rings. The van der Waals surface area contributed by atoms with Gasteiger partial charge in [-0.25, -0.2) is 0 Å². The van der Waals surface area contributed by atoms with E-state index in [1.54, 1.807) is 0 Å². The molecule has 0 amide bonds. The summed E-state index contributed by atoms with van der Waals surface area (Å²) in [6.07, 6.45) is 0. The number of rotatable bonds is 3. The van der Waals surface area contributed by atoms with Gasteiger partial charge in [-0.15, -0.1) is 4.71 Å². The third-order valence-electron chi connectivity index (χ3n) is 6.13. The van der Waals surface area contributed by atoms with Crippen molar-refractivity contribution >= 4 is 0 Å². The third-order valence-corrected chi connectivity index (χ3v) is 6.13. The predicted molar refractivity (Wildman–Crippen MR) is 90.0 cm³/mol. The summed E-state index contributed by atoms with van der Waals surface area (Å²) in [5, 5.41) is 0. The van der Waals surface area contributed by atoms with Crippen LogP contribution < -0.4 is 0 Å². The number of benzene rings is 2. The summed E-state index contributed by atoms with van der Waals surface area (Å²) in [5.41, 5.74) is 2.42. The molecule has 23 heavy (non-hydrogen) atoms. The van der Waals surface area contributed by atoms with Gasteiger partial charge in [0, 0.05) is 11.1 Å². The number of quaternary nitrogens is 2. The SMILES string of the molecule is CC[N+]12CC[N+](F)(CC1)C(c1ccccc1)C2c1ccccc1. The van der Waals surface area contributed by atoms with E-state index in [1.807, 2.05) is 24.3 Å². The lowest BCUT2D eigenvalue weighted by Gasteiger charge is -2.58. The molecule has 2 atom stereocenters. The van der Waals surface area contributed by atoms with Crippen LogP contribution in [0.4, 0.5) is 4.48 Å². The Morgan fingerprint density at radius 1 is 0.783 bits per heavy atom. The molecule has 3 heteroatoms. The van der Waals surface area contributed by atoms with Crippen LogP contribution in [0.5, 0.6) is 0 Å². The lowest BCUT2D eigenvalue weighted by molar-refractivity contribution is -1.18. The molecule has 2 nitrogen and oxygen atoms in total. The van der Waals surface area contributed by atoms with E-state index in [2.05, 4.69) is 43.3 Å². The quantitative estimate of drug-likeness (QED) is 0.593. The van der Waals surface area contributed by atoms with Crippen LogP contribution in [0.3, 0.4) is 0 Å². The van der Waals surface area contributed by atoms with Gasteiger partial charge in [-0.2, -0.15) is 0 Å². The highest BCUT2D eigenvalue weighted by atomic mass is 19.2. The molecule has 2 aromatic carbocycles. The van der Waals surface area contributed by atoms with Gasteiger partial charge in [0.1, 0.15) is 13.1 Å². The first-order valence-electron chi connectivity index (χ1n) is 8.71. The topological polar surface area (TPSA) is 0 Å². The van der Waals surface area contributed by atoms with Crippen molar-refractivity contribution in [2.45, 2.75) is 19.0 Å². The lowest BCUT2D eigenvalue weighted by Crippen LogP contribution is -2.73. The largest absolute Gasteiger partial charge is 0.303 e. The average molecular weight is 312 g/mol. The zero-order chi connectivity index (χ0) is 15.9. The molecule has 3 fully saturated rings. The van der Waals surface area contributed by atoms with Crippen LogP contribution in [0.2, 0.25) is 0 Å². The van der Waals surface area contributed by atoms with Gasteiger partial charge < -0.3 is 4.48 Å². The molecule has 0 N–H and O–H groups in total. The van der Waals surface area contributed by atoms with E-state index >= 15 is 4.48 Å². The van der Waals surface area contributed by atoms with Gasteiger partial charge in [0.05, 0.1) is 6.54 Å². The van der Waals surface area contributed by atoms with E-state index in [-0.39, 0.29) is 16.8 Å². The molecule has 120 valence electrons. The monoisotopic (exact) mass is 312 g/mol. The minimum Gasteiger partial charge on any atom is -0.303 e. The second kappa shape index (κ2) is 5.43. The van der Waals surface area contributed by atoms with E-state index < -0.39 is 0 Å². The maximum Gasteiger partial charge on any atom is 0.207 e. The van der Waals surface area contributed by atoms with Gasteiger partial charge in [-0.05, 0) is 11.4 Å². The van der Waals surface area contributed by atoms with Crippen molar-refractivity contribution < 1.29 is 13.7 Å². The Hall–Kier alpha value is -1.71. The van der Waals surface area contributed by atoms with Crippen molar-refractivity contribution in [3.05, 3.63) is 71.8 Å². The lowest BCUT2D eigenvalue weighted by atomic mass is 9.83. The maximum absolute atomic E-state index is 15.9. The Morgan fingerprint density at radius 2 is 1.26 bits per heavy atom. The first kappa shape index (κ1) is 14.9. The first-order chi connectivity index (χ1) is 11.2. The summed E-state index contributed by atoms with van der Waals surface area (Å²) in [6, 6.07) is 21.0. The minimum absolute atomic E-state index is 0.0963. The van der Waals surface area contributed by atoms with E-state index in [9.17, 15) is 0 Å². The number of fused-ring (bicyclic) bond motifs is 3. The third kappa shape index (κ3) is 2.22. The van der Waals surface area contributed by atoms with Crippen LogP contribution in [0.15, 0.2) is 60.7 Å². The fourth-order valence-electron chi connectivity index (χ4n) is 4.82. The summed E-state index contributed by atoms with van der Waals surface area (Å²) in [4.78, 5) is 0. The first-order valence-corrected chi connectivity index (χ1v) is 8.71. The van der Waals surface area contributed by atoms with E-state index in [1.165, 1.54) is 5.56 Å². The van der Waals surface area contributed by atoms with E-state index in [0.29, 0.717) is 13.1 Å². The number of likely N-dealkylation sites (N-methyl/N-ethyl adjacent to an activating group) is 1. The Morgan fingerprint density at radius 3 is 1.74 bits per heavy atom. The van der Waals surface area contributed by atoms with Crippen LogP contribution in [0.1, 0.15) is 30.1 Å². The highest BCUT2D eigenvalue weighted by Crippen LogP contribution is 2.53. The van der Waals surface area contributed by atoms with Crippen LogP contribution >= 0.6 is 0 Å². The predicted octanol–water partition coefficient (Wildman–Crippen LogP) is 4.03. The molecular formula is C20H25FN2+2. The number of hydrogen-bond donors (Lipinski definition) is 0.